The van der Waals surface area contributed by atoms with Gasteiger partial charge in [-0.15, -0.1) is 6.58 Å². The van der Waals surface area contributed by atoms with Gasteiger partial charge in [0.25, 0.3) is 5.91 Å². The van der Waals surface area contributed by atoms with Crippen LogP contribution in [-0.2, 0) is 0 Å². The highest BCUT2D eigenvalue weighted by Crippen LogP contribution is 2.00. The zero-order chi connectivity index (χ0) is 12.5. The standard InChI is InChI=1S/C12H18N4O/c1-3-5-8-13-11(17)10-6-9-15-12(16-10)14-7-4-2/h4,6,9H,2-3,5,7-8H2,1H3,(H,13,17)(H,14,15,16). The van der Waals surface area contributed by atoms with Gasteiger partial charge in [-0.2, -0.15) is 0 Å². The average Bonchev–Trinajstić information content (AvgIpc) is 2.37. The molecule has 1 aromatic heterocycles. The summed E-state index contributed by atoms with van der Waals surface area (Å²) in [6.45, 7) is 6.91. The van der Waals surface area contributed by atoms with E-state index in [0.717, 1.165) is 12.8 Å². The molecule has 0 aliphatic rings. The van der Waals surface area contributed by atoms with Crippen LogP contribution in [0.3, 0.4) is 0 Å². The molecule has 0 saturated carbocycles. The number of hydrogen-bond donors (Lipinski definition) is 2. The molecular formula is C12H18N4O. The lowest BCUT2D eigenvalue weighted by molar-refractivity contribution is 0.0948. The number of carbonyl (C=O) groups is 1. The second kappa shape index (κ2) is 7.38. The normalized spacial score (nSPS) is 9.71. The molecule has 0 aliphatic heterocycles. The third-order valence-electron chi connectivity index (χ3n) is 2.11. The number of nitrogens with zero attached hydrogens (tertiary/aromatic N) is 2. The summed E-state index contributed by atoms with van der Waals surface area (Å²) < 4.78 is 0. The summed E-state index contributed by atoms with van der Waals surface area (Å²) in [4.78, 5) is 19.8. The number of aromatic nitrogens is 2. The molecule has 1 rings (SSSR count). The van der Waals surface area contributed by atoms with Crippen LogP contribution in [0.5, 0.6) is 0 Å². The van der Waals surface area contributed by atoms with E-state index in [2.05, 4.69) is 34.1 Å². The number of rotatable bonds is 7. The van der Waals surface area contributed by atoms with Crippen LogP contribution < -0.4 is 10.6 Å². The largest absolute Gasteiger partial charge is 0.351 e. The van der Waals surface area contributed by atoms with E-state index in [1.807, 2.05) is 0 Å². The number of hydrogen-bond acceptors (Lipinski definition) is 4. The van der Waals surface area contributed by atoms with Crippen molar-refractivity contribution < 1.29 is 4.79 Å². The summed E-state index contributed by atoms with van der Waals surface area (Å²) in [6, 6.07) is 1.60. The summed E-state index contributed by atoms with van der Waals surface area (Å²) in [6.07, 6.45) is 5.29. The Balaban J connectivity index is 2.57. The molecule has 0 unspecified atom stereocenters. The van der Waals surface area contributed by atoms with Gasteiger partial charge in [0.2, 0.25) is 5.95 Å². The molecule has 0 aliphatic carbocycles. The van der Waals surface area contributed by atoms with E-state index >= 15 is 0 Å². The van der Waals surface area contributed by atoms with Gasteiger partial charge in [0, 0.05) is 19.3 Å². The van der Waals surface area contributed by atoms with Crippen LogP contribution in [-0.4, -0.2) is 29.0 Å². The monoisotopic (exact) mass is 234 g/mol. The Hall–Kier alpha value is -1.91. The van der Waals surface area contributed by atoms with Crippen LogP contribution in [0, 0.1) is 0 Å². The van der Waals surface area contributed by atoms with E-state index in [-0.39, 0.29) is 5.91 Å². The maximum atomic E-state index is 11.7. The van der Waals surface area contributed by atoms with Crippen LogP contribution in [0.25, 0.3) is 0 Å². The number of unbranched alkanes of at least 4 members (excludes halogenated alkanes) is 1. The average molecular weight is 234 g/mol. The highest BCUT2D eigenvalue weighted by molar-refractivity contribution is 5.92. The fourth-order valence-corrected chi connectivity index (χ4v) is 1.20. The smallest absolute Gasteiger partial charge is 0.270 e. The predicted octanol–water partition coefficient (Wildman–Crippen LogP) is 1.60. The number of nitrogens with one attached hydrogen (secondary N) is 2. The Bertz CT molecular complexity index is 379. The zero-order valence-electron chi connectivity index (χ0n) is 10.1. The molecule has 17 heavy (non-hydrogen) atoms. The first-order valence-corrected chi connectivity index (χ1v) is 5.74. The second-order valence-corrected chi connectivity index (χ2v) is 3.54. The highest BCUT2D eigenvalue weighted by Gasteiger charge is 2.07. The van der Waals surface area contributed by atoms with Crippen molar-refractivity contribution in [3.63, 3.8) is 0 Å². The first kappa shape index (κ1) is 13.2. The lowest BCUT2D eigenvalue weighted by Crippen LogP contribution is -2.25. The van der Waals surface area contributed by atoms with Crippen LogP contribution in [0.15, 0.2) is 24.9 Å². The van der Waals surface area contributed by atoms with Crippen molar-refractivity contribution in [3.8, 4) is 0 Å². The topological polar surface area (TPSA) is 66.9 Å². The minimum Gasteiger partial charge on any atom is -0.351 e. The molecule has 1 heterocycles. The quantitative estimate of drug-likeness (QED) is 0.555. The molecule has 1 amide bonds. The third-order valence-corrected chi connectivity index (χ3v) is 2.11. The molecule has 1 aromatic rings. The van der Waals surface area contributed by atoms with Crippen molar-refractivity contribution in [2.75, 3.05) is 18.4 Å². The minimum absolute atomic E-state index is 0.164. The van der Waals surface area contributed by atoms with Gasteiger partial charge < -0.3 is 10.6 Å². The van der Waals surface area contributed by atoms with Crippen molar-refractivity contribution in [2.45, 2.75) is 19.8 Å². The Kier molecular flexibility index (Phi) is 5.71. The SMILES string of the molecule is C=CCNc1nccc(C(=O)NCCCC)n1. The molecule has 0 fully saturated rings. The van der Waals surface area contributed by atoms with E-state index in [1.54, 1.807) is 18.3 Å². The molecule has 0 spiro atoms. The Labute approximate surface area is 101 Å². The van der Waals surface area contributed by atoms with Crippen molar-refractivity contribution in [3.05, 3.63) is 30.6 Å². The van der Waals surface area contributed by atoms with Gasteiger partial charge in [0.15, 0.2) is 0 Å². The molecule has 92 valence electrons. The van der Waals surface area contributed by atoms with Crippen LogP contribution >= 0.6 is 0 Å². The van der Waals surface area contributed by atoms with Crippen molar-refractivity contribution in [2.24, 2.45) is 0 Å². The maximum absolute atomic E-state index is 11.7. The molecule has 5 heteroatoms. The summed E-state index contributed by atoms with van der Waals surface area (Å²) in [5, 5.41) is 5.74. The fourth-order valence-electron chi connectivity index (χ4n) is 1.20. The molecule has 0 aromatic carbocycles. The first-order valence-electron chi connectivity index (χ1n) is 5.74. The van der Waals surface area contributed by atoms with Gasteiger partial charge in [0.05, 0.1) is 0 Å². The van der Waals surface area contributed by atoms with Gasteiger partial charge >= 0.3 is 0 Å². The van der Waals surface area contributed by atoms with E-state index in [0.29, 0.717) is 24.7 Å². The summed E-state index contributed by atoms with van der Waals surface area (Å²) in [5.41, 5.74) is 0.377. The predicted molar refractivity (Wildman–Crippen MR) is 68.0 cm³/mol. The van der Waals surface area contributed by atoms with Crippen LogP contribution in [0.2, 0.25) is 0 Å². The molecule has 5 nitrogen and oxygen atoms in total. The number of carbonyl (C=O) groups excluding carboxylic acids is 1. The van der Waals surface area contributed by atoms with Gasteiger partial charge in [-0.05, 0) is 12.5 Å². The van der Waals surface area contributed by atoms with Gasteiger partial charge in [-0.25, -0.2) is 9.97 Å². The Morgan fingerprint density at radius 3 is 3.12 bits per heavy atom. The van der Waals surface area contributed by atoms with E-state index in [4.69, 9.17) is 0 Å². The third kappa shape index (κ3) is 4.63. The van der Waals surface area contributed by atoms with E-state index in [1.165, 1.54) is 0 Å². The van der Waals surface area contributed by atoms with Crippen molar-refractivity contribution in [1.29, 1.82) is 0 Å². The summed E-state index contributed by atoms with van der Waals surface area (Å²) in [7, 11) is 0. The molecule has 2 N–H and O–H groups in total. The molecule has 0 bridgehead atoms. The van der Waals surface area contributed by atoms with E-state index in [9.17, 15) is 4.79 Å². The van der Waals surface area contributed by atoms with Gasteiger partial charge in [0.1, 0.15) is 5.69 Å². The molecular weight excluding hydrogens is 216 g/mol. The van der Waals surface area contributed by atoms with Gasteiger partial charge in [-0.3, -0.25) is 4.79 Å². The molecule has 0 atom stereocenters. The van der Waals surface area contributed by atoms with Crippen LogP contribution in [0.4, 0.5) is 5.95 Å². The lowest BCUT2D eigenvalue weighted by atomic mass is 10.3. The zero-order valence-corrected chi connectivity index (χ0v) is 10.1. The van der Waals surface area contributed by atoms with Crippen molar-refractivity contribution >= 4 is 11.9 Å². The summed E-state index contributed by atoms with van der Waals surface area (Å²) in [5.74, 6) is 0.274. The van der Waals surface area contributed by atoms with E-state index < -0.39 is 0 Å². The highest BCUT2D eigenvalue weighted by atomic mass is 16.1. The minimum atomic E-state index is -0.164. The second-order valence-electron chi connectivity index (χ2n) is 3.54. The number of amides is 1. The van der Waals surface area contributed by atoms with Crippen LogP contribution in [0.1, 0.15) is 30.3 Å². The molecule has 0 saturated heterocycles. The summed E-state index contributed by atoms with van der Waals surface area (Å²) >= 11 is 0. The molecule has 0 radical (unpaired) electrons. The number of anilines is 1. The Morgan fingerprint density at radius 2 is 2.41 bits per heavy atom. The Morgan fingerprint density at radius 1 is 1.59 bits per heavy atom. The fraction of sp³-hybridized carbons (Fsp3) is 0.417. The van der Waals surface area contributed by atoms with Gasteiger partial charge in [-0.1, -0.05) is 19.4 Å². The first-order chi connectivity index (χ1) is 8.27. The maximum Gasteiger partial charge on any atom is 0.270 e. The van der Waals surface area contributed by atoms with Crippen molar-refractivity contribution in [1.82, 2.24) is 15.3 Å². The lowest BCUT2D eigenvalue weighted by Gasteiger charge is -2.05.